The molecule has 0 heterocycles. The maximum atomic E-state index is 6.83. The van der Waals surface area contributed by atoms with E-state index in [0.717, 1.165) is 0 Å². The van der Waals surface area contributed by atoms with Crippen molar-refractivity contribution in [3.8, 4) is 0 Å². The molecular weight excluding hydrogens is 416 g/mol. The van der Waals surface area contributed by atoms with Crippen LogP contribution in [-0.4, -0.2) is 11.2 Å². The van der Waals surface area contributed by atoms with Crippen LogP contribution in [0, 0.1) is 0 Å². The van der Waals surface area contributed by atoms with Crippen molar-refractivity contribution in [3.63, 3.8) is 0 Å². The van der Waals surface area contributed by atoms with Crippen LogP contribution in [-0.2, 0) is 9.78 Å². The van der Waals surface area contributed by atoms with E-state index in [4.69, 9.17) is 9.78 Å². The SMILES string of the molecule is CCCCCC(CCCCC)(CCCCC)OOC(CCCCC)(CCCCC)CCCCC. The van der Waals surface area contributed by atoms with Crippen molar-refractivity contribution >= 4 is 0 Å². The summed E-state index contributed by atoms with van der Waals surface area (Å²) in [6.07, 6.45) is 30.1. The largest absolute Gasteiger partial charge is 0.229 e. The zero-order valence-electron chi connectivity index (χ0n) is 24.8. The zero-order valence-corrected chi connectivity index (χ0v) is 24.8. The minimum atomic E-state index is -0.0783. The molecule has 0 spiro atoms. The monoisotopic (exact) mass is 483 g/mol. The van der Waals surface area contributed by atoms with E-state index in [1.807, 2.05) is 0 Å². The Bertz CT molecular complexity index is 315. The Morgan fingerprint density at radius 2 is 0.471 bits per heavy atom. The summed E-state index contributed by atoms with van der Waals surface area (Å²) in [6.45, 7) is 13.9. The van der Waals surface area contributed by atoms with Crippen molar-refractivity contribution < 1.29 is 9.78 Å². The van der Waals surface area contributed by atoms with Crippen LogP contribution in [0.2, 0.25) is 0 Å². The highest BCUT2D eigenvalue weighted by Crippen LogP contribution is 2.38. The maximum Gasteiger partial charge on any atom is 0.104 e. The van der Waals surface area contributed by atoms with Crippen molar-refractivity contribution in [1.82, 2.24) is 0 Å². The summed E-state index contributed by atoms with van der Waals surface area (Å²) in [4.78, 5) is 13.7. The highest BCUT2D eigenvalue weighted by atomic mass is 17.2. The van der Waals surface area contributed by atoms with Gasteiger partial charge >= 0.3 is 0 Å². The lowest BCUT2D eigenvalue weighted by Gasteiger charge is -2.40. The van der Waals surface area contributed by atoms with E-state index in [1.165, 1.54) is 154 Å². The average Bonchev–Trinajstić information content (AvgIpc) is 2.83. The van der Waals surface area contributed by atoms with E-state index in [0.29, 0.717) is 0 Å². The normalized spacial score (nSPS) is 12.5. The second-order valence-electron chi connectivity index (χ2n) is 11.3. The van der Waals surface area contributed by atoms with Gasteiger partial charge in [-0.15, -0.1) is 0 Å². The van der Waals surface area contributed by atoms with Crippen LogP contribution in [0.4, 0.5) is 0 Å². The molecule has 0 saturated carbocycles. The molecule has 0 N–H and O–H groups in total. The predicted molar refractivity (Wildman–Crippen MR) is 152 cm³/mol. The molecule has 0 radical (unpaired) electrons. The quantitative estimate of drug-likeness (QED) is 0.0658. The summed E-state index contributed by atoms with van der Waals surface area (Å²) in [7, 11) is 0. The smallest absolute Gasteiger partial charge is 0.104 e. The molecule has 0 bridgehead atoms. The molecule has 0 atom stereocenters. The number of rotatable bonds is 27. The predicted octanol–water partition coefficient (Wildman–Crippen LogP) is 11.9. The topological polar surface area (TPSA) is 18.5 Å². The van der Waals surface area contributed by atoms with E-state index < -0.39 is 0 Å². The maximum absolute atomic E-state index is 6.83. The lowest BCUT2D eigenvalue weighted by atomic mass is 9.84. The fraction of sp³-hybridized carbons (Fsp3) is 1.00. The van der Waals surface area contributed by atoms with Crippen LogP contribution in [0.1, 0.15) is 196 Å². The molecular formula is C32H66O2. The van der Waals surface area contributed by atoms with Crippen molar-refractivity contribution in [2.24, 2.45) is 0 Å². The van der Waals surface area contributed by atoms with Gasteiger partial charge in [-0.1, -0.05) is 157 Å². The number of hydrogen-bond acceptors (Lipinski definition) is 2. The first kappa shape index (κ1) is 33.9. The molecule has 0 aromatic carbocycles. The summed E-state index contributed by atoms with van der Waals surface area (Å²) in [6, 6.07) is 0. The summed E-state index contributed by atoms with van der Waals surface area (Å²) >= 11 is 0. The third-order valence-corrected chi connectivity index (χ3v) is 7.81. The van der Waals surface area contributed by atoms with Crippen LogP contribution in [0.15, 0.2) is 0 Å². The lowest BCUT2D eigenvalue weighted by Crippen LogP contribution is -2.40. The Hall–Kier alpha value is -0.0800. The molecule has 0 unspecified atom stereocenters. The van der Waals surface area contributed by atoms with Gasteiger partial charge in [0, 0.05) is 0 Å². The van der Waals surface area contributed by atoms with Crippen LogP contribution in [0.25, 0.3) is 0 Å². The molecule has 0 saturated heterocycles. The molecule has 0 aromatic rings. The fourth-order valence-electron chi connectivity index (χ4n) is 5.36. The van der Waals surface area contributed by atoms with E-state index >= 15 is 0 Å². The van der Waals surface area contributed by atoms with Gasteiger partial charge in [-0.05, 0) is 38.5 Å². The minimum Gasteiger partial charge on any atom is -0.229 e. The molecule has 0 aliphatic carbocycles. The van der Waals surface area contributed by atoms with E-state index in [2.05, 4.69) is 41.5 Å². The summed E-state index contributed by atoms with van der Waals surface area (Å²) in [5, 5.41) is 0. The van der Waals surface area contributed by atoms with Gasteiger partial charge in [0.15, 0.2) is 0 Å². The van der Waals surface area contributed by atoms with Gasteiger partial charge in [0.1, 0.15) is 11.2 Å². The van der Waals surface area contributed by atoms with Crippen LogP contribution in [0.3, 0.4) is 0 Å². The van der Waals surface area contributed by atoms with Gasteiger partial charge in [0.2, 0.25) is 0 Å². The van der Waals surface area contributed by atoms with Crippen LogP contribution >= 0.6 is 0 Å². The molecule has 0 aliphatic rings. The highest BCUT2D eigenvalue weighted by Gasteiger charge is 2.37. The second-order valence-corrected chi connectivity index (χ2v) is 11.3. The number of unbranched alkanes of at least 4 members (excludes halogenated alkanes) is 12. The first-order chi connectivity index (χ1) is 16.6. The standard InChI is InChI=1S/C32H66O2/c1-7-13-19-25-31(26-20-14-8-2,27-21-15-9-3)33-34-32(28-22-16-10-4,29-23-17-11-5)30-24-18-12-6/h7-30H2,1-6H3. The van der Waals surface area contributed by atoms with Gasteiger partial charge in [0.25, 0.3) is 0 Å². The van der Waals surface area contributed by atoms with Crippen LogP contribution < -0.4 is 0 Å². The second kappa shape index (κ2) is 23.3. The minimum absolute atomic E-state index is 0.0783. The summed E-state index contributed by atoms with van der Waals surface area (Å²) < 4.78 is 0. The van der Waals surface area contributed by atoms with Gasteiger partial charge in [0.05, 0.1) is 0 Å². The molecule has 0 rings (SSSR count). The highest BCUT2D eigenvalue weighted by molar-refractivity contribution is 4.83. The van der Waals surface area contributed by atoms with Crippen molar-refractivity contribution in [2.45, 2.75) is 207 Å². The molecule has 2 heteroatoms. The molecule has 0 aliphatic heterocycles. The Balaban J connectivity index is 5.69. The third-order valence-electron chi connectivity index (χ3n) is 7.81. The van der Waals surface area contributed by atoms with Crippen LogP contribution in [0.5, 0.6) is 0 Å². The first-order valence-electron chi connectivity index (χ1n) is 15.9. The Labute approximate surface area is 216 Å². The fourth-order valence-corrected chi connectivity index (χ4v) is 5.36. The van der Waals surface area contributed by atoms with E-state index in [-0.39, 0.29) is 11.2 Å². The Morgan fingerprint density at radius 1 is 0.294 bits per heavy atom. The van der Waals surface area contributed by atoms with Crippen molar-refractivity contribution in [1.29, 1.82) is 0 Å². The Morgan fingerprint density at radius 3 is 0.618 bits per heavy atom. The molecule has 34 heavy (non-hydrogen) atoms. The summed E-state index contributed by atoms with van der Waals surface area (Å²) in [5.41, 5.74) is -0.157. The molecule has 0 aromatic heterocycles. The molecule has 206 valence electrons. The first-order valence-corrected chi connectivity index (χ1v) is 15.9. The molecule has 0 fully saturated rings. The Kier molecular flexibility index (Phi) is 23.3. The molecule has 0 amide bonds. The van der Waals surface area contributed by atoms with E-state index in [9.17, 15) is 0 Å². The number of hydrogen-bond donors (Lipinski definition) is 0. The summed E-state index contributed by atoms with van der Waals surface area (Å²) in [5.74, 6) is 0. The third kappa shape index (κ3) is 16.6. The van der Waals surface area contributed by atoms with Gasteiger partial charge in [-0.25, -0.2) is 9.78 Å². The van der Waals surface area contributed by atoms with Crippen molar-refractivity contribution in [3.05, 3.63) is 0 Å². The van der Waals surface area contributed by atoms with Gasteiger partial charge in [-0.2, -0.15) is 0 Å². The average molecular weight is 483 g/mol. The van der Waals surface area contributed by atoms with Crippen molar-refractivity contribution in [2.75, 3.05) is 0 Å². The van der Waals surface area contributed by atoms with Gasteiger partial charge < -0.3 is 0 Å². The lowest BCUT2D eigenvalue weighted by molar-refractivity contribution is -0.422. The zero-order chi connectivity index (χ0) is 25.4. The van der Waals surface area contributed by atoms with E-state index in [1.54, 1.807) is 0 Å². The van der Waals surface area contributed by atoms with Gasteiger partial charge in [-0.3, -0.25) is 0 Å². The molecule has 2 nitrogen and oxygen atoms in total.